The minimum atomic E-state index is -0.585. The van der Waals surface area contributed by atoms with Crippen molar-refractivity contribution in [2.24, 2.45) is 0 Å². The molecule has 0 spiro atoms. The SMILES string of the molecule is CCOc1cc(C(=O)c2ccc(I)cc2)c([N+](=O)[O-])cc1OCC. The second-order valence-electron chi connectivity index (χ2n) is 4.78. The van der Waals surface area contributed by atoms with Gasteiger partial charge < -0.3 is 9.47 Å². The summed E-state index contributed by atoms with van der Waals surface area (Å²) < 4.78 is 11.8. The molecule has 0 unspecified atom stereocenters. The molecular weight excluding hydrogens is 425 g/mol. The van der Waals surface area contributed by atoms with Crippen LogP contribution in [0.2, 0.25) is 0 Å². The van der Waals surface area contributed by atoms with Crippen molar-refractivity contribution in [1.29, 1.82) is 0 Å². The van der Waals surface area contributed by atoms with Crippen LogP contribution in [0.1, 0.15) is 29.8 Å². The number of ether oxygens (including phenoxy) is 2. The van der Waals surface area contributed by atoms with Gasteiger partial charge in [-0.3, -0.25) is 14.9 Å². The quantitative estimate of drug-likeness (QED) is 0.278. The highest BCUT2D eigenvalue weighted by Gasteiger charge is 2.25. The third-order valence-electron chi connectivity index (χ3n) is 3.21. The number of nitro groups is 1. The van der Waals surface area contributed by atoms with Gasteiger partial charge in [0, 0.05) is 15.2 Å². The van der Waals surface area contributed by atoms with Crippen molar-refractivity contribution < 1.29 is 19.2 Å². The molecule has 0 bridgehead atoms. The van der Waals surface area contributed by atoms with Crippen LogP contribution < -0.4 is 9.47 Å². The third-order valence-corrected chi connectivity index (χ3v) is 3.93. The van der Waals surface area contributed by atoms with E-state index in [0.717, 1.165) is 3.57 Å². The molecule has 0 aliphatic heterocycles. The fraction of sp³-hybridized carbons (Fsp3) is 0.235. The maximum Gasteiger partial charge on any atom is 0.284 e. The monoisotopic (exact) mass is 441 g/mol. The molecule has 2 rings (SSSR count). The predicted molar refractivity (Wildman–Crippen MR) is 98.0 cm³/mol. The van der Waals surface area contributed by atoms with Gasteiger partial charge in [0.1, 0.15) is 5.56 Å². The minimum absolute atomic E-state index is 0.0203. The first-order valence-corrected chi connectivity index (χ1v) is 8.44. The molecule has 24 heavy (non-hydrogen) atoms. The van der Waals surface area contributed by atoms with Gasteiger partial charge in [-0.25, -0.2) is 0 Å². The summed E-state index contributed by atoms with van der Waals surface area (Å²) in [6.07, 6.45) is 0. The fourth-order valence-corrected chi connectivity index (χ4v) is 2.54. The van der Waals surface area contributed by atoms with Gasteiger partial charge >= 0.3 is 0 Å². The van der Waals surface area contributed by atoms with E-state index in [1.165, 1.54) is 12.1 Å². The van der Waals surface area contributed by atoms with Gasteiger partial charge in [0.05, 0.1) is 24.2 Å². The van der Waals surface area contributed by atoms with Crippen LogP contribution in [0.25, 0.3) is 0 Å². The highest BCUT2D eigenvalue weighted by atomic mass is 127. The molecule has 6 nitrogen and oxygen atoms in total. The summed E-state index contributed by atoms with van der Waals surface area (Å²) in [6.45, 7) is 4.25. The average molecular weight is 441 g/mol. The molecule has 7 heteroatoms. The number of hydrogen-bond donors (Lipinski definition) is 0. The Morgan fingerprint density at radius 2 is 1.62 bits per heavy atom. The van der Waals surface area contributed by atoms with E-state index >= 15 is 0 Å². The lowest BCUT2D eigenvalue weighted by Gasteiger charge is -2.12. The number of nitrogens with zero attached hydrogens (tertiary/aromatic N) is 1. The maximum absolute atomic E-state index is 12.7. The Kier molecular flexibility index (Phi) is 6.13. The number of carbonyl (C=O) groups excluding carboxylic acids is 1. The van der Waals surface area contributed by atoms with Crippen LogP contribution in [0.4, 0.5) is 5.69 Å². The maximum atomic E-state index is 12.7. The lowest BCUT2D eigenvalue weighted by Crippen LogP contribution is -2.08. The molecule has 0 amide bonds. The molecule has 0 heterocycles. The van der Waals surface area contributed by atoms with Crippen molar-refractivity contribution in [3.8, 4) is 11.5 Å². The molecule has 0 N–H and O–H groups in total. The van der Waals surface area contributed by atoms with E-state index in [0.29, 0.717) is 24.5 Å². The van der Waals surface area contributed by atoms with Crippen LogP contribution in [0, 0.1) is 13.7 Å². The number of rotatable bonds is 7. The molecule has 0 atom stereocenters. The average Bonchev–Trinajstić information content (AvgIpc) is 2.56. The van der Waals surface area contributed by atoms with Crippen molar-refractivity contribution >= 4 is 34.1 Å². The Balaban J connectivity index is 2.57. The zero-order valence-electron chi connectivity index (χ0n) is 13.2. The summed E-state index contributed by atoms with van der Waals surface area (Å²) >= 11 is 2.13. The highest BCUT2D eigenvalue weighted by Crippen LogP contribution is 2.36. The molecule has 0 aromatic heterocycles. The Labute approximate surface area is 153 Å². The molecule has 126 valence electrons. The number of nitro benzene ring substituents is 1. The van der Waals surface area contributed by atoms with E-state index in [9.17, 15) is 14.9 Å². The molecular formula is C17H16INO5. The number of halogens is 1. The highest BCUT2D eigenvalue weighted by molar-refractivity contribution is 14.1. The van der Waals surface area contributed by atoms with Crippen LogP contribution in [-0.2, 0) is 0 Å². The normalized spacial score (nSPS) is 10.3. The van der Waals surface area contributed by atoms with Crippen molar-refractivity contribution in [3.63, 3.8) is 0 Å². The van der Waals surface area contributed by atoms with E-state index in [4.69, 9.17) is 9.47 Å². The van der Waals surface area contributed by atoms with E-state index in [1.54, 1.807) is 38.1 Å². The summed E-state index contributed by atoms with van der Waals surface area (Å²) in [6, 6.07) is 9.46. The Morgan fingerprint density at radius 3 is 2.12 bits per heavy atom. The zero-order chi connectivity index (χ0) is 17.7. The van der Waals surface area contributed by atoms with Gasteiger partial charge in [0.2, 0.25) is 0 Å². The Morgan fingerprint density at radius 1 is 1.08 bits per heavy atom. The summed E-state index contributed by atoms with van der Waals surface area (Å²) in [7, 11) is 0. The first-order chi connectivity index (χ1) is 11.5. The number of hydrogen-bond acceptors (Lipinski definition) is 5. The van der Waals surface area contributed by atoms with Crippen molar-refractivity contribution in [3.05, 3.63) is 61.2 Å². The number of ketones is 1. The third kappa shape index (κ3) is 4.02. The molecule has 0 saturated heterocycles. The molecule has 0 aliphatic rings. The van der Waals surface area contributed by atoms with Crippen LogP contribution in [0.5, 0.6) is 11.5 Å². The second-order valence-corrected chi connectivity index (χ2v) is 6.02. The van der Waals surface area contributed by atoms with Gasteiger partial charge in [0.15, 0.2) is 17.3 Å². The molecule has 0 saturated carbocycles. The smallest absolute Gasteiger partial charge is 0.284 e. The van der Waals surface area contributed by atoms with Crippen molar-refractivity contribution in [1.82, 2.24) is 0 Å². The number of carbonyl (C=O) groups is 1. The van der Waals surface area contributed by atoms with Gasteiger partial charge in [-0.05, 0) is 60.7 Å². The van der Waals surface area contributed by atoms with Gasteiger partial charge in [0.25, 0.3) is 5.69 Å². The second kappa shape index (κ2) is 8.09. The Bertz CT molecular complexity index is 758. The van der Waals surface area contributed by atoms with Crippen LogP contribution in [-0.4, -0.2) is 23.9 Å². The lowest BCUT2D eigenvalue weighted by atomic mass is 10.0. The predicted octanol–water partition coefficient (Wildman–Crippen LogP) is 4.23. The fourth-order valence-electron chi connectivity index (χ4n) is 2.18. The van der Waals surface area contributed by atoms with Crippen LogP contribution in [0.3, 0.4) is 0 Å². The van der Waals surface area contributed by atoms with Gasteiger partial charge in [-0.2, -0.15) is 0 Å². The first-order valence-electron chi connectivity index (χ1n) is 7.36. The van der Waals surface area contributed by atoms with E-state index in [1.807, 2.05) is 0 Å². The molecule has 0 radical (unpaired) electrons. The van der Waals surface area contributed by atoms with Crippen LogP contribution in [0.15, 0.2) is 36.4 Å². The number of benzene rings is 2. The van der Waals surface area contributed by atoms with E-state index in [-0.39, 0.29) is 17.0 Å². The van der Waals surface area contributed by atoms with Crippen LogP contribution >= 0.6 is 22.6 Å². The van der Waals surface area contributed by atoms with E-state index < -0.39 is 10.7 Å². The van der Waals surface area contributed by atoms with Gasteiger partial charge in [-0.1, -0.05) is 0 Å². The Hall–Kier alpha value is -2.16. The van der Waals surface area contributed by atoms with Gasteiger partial charge in [-0.15, -0.1) is 0 Å². The summed E-state index contributed by atoms with van der Waals surface area (Å²) in [5, 5.41) is 11.4. The lowest BCUT2D eigenvalue weighted by molar-refractivity contribution is -0.385. The zero-order valence-corrected chi connectivity index (χ0v) is 15.4. The minimum Gasteiger partial charge on any atom is -0.490 e. The standard InChI is InChI=1S/C17H16INO5/c1-3-23-15-9-13(14(19(21)22)10-16(15)24-4-2)17(20)11-5-7-12(18)8-6-11/h5-10H,3-4H2,1-2H3. The summed E-state index contributed by atoms with van der Waals surface area (Å²) in [5.74, 6) is 0.145. The molecule has 2 aromatic rings. The summed E-state index contributed by atoms with van der Waals surface area (Å²) in [4.78, 5) is 23.5. The molecule has 0 fully saturated rings. The molecule has 0 aliphatic carbocycles. The molecule has 2 aromatic carbocycles. The van der Waals surface area contributed by atoms with Crippen molar-refractivity contribution in [2.75, 3.05) is 13.2 Å². The first kappa shape index (κ1) is 18.2. The van der Waals surface area contributed by atoms with Crippen molar-refractivity contribution in [2.45, 2.75) is 13.8 Å². The largest absolute Gasteiger partial charge is 0.490 e. The topological polar surface area (TPSA) is 78.7 Å². The summed E-state index contributed by atoms with van der Waals surface area (Å²) in [5.41, 5.74) is 0.0590. The van der Waals surface area contributed by atoms with E-state index in [2.05, 4.69) is 22.6 Å².